The lowest BCUT2D eigenvalue weighted by molar-refractivity contribution is -0.119. The highest BCUT2D eigenvalue weighted by molar-refractivity contribution is 8.01. The van der Waals surface area contributed by atoms with Crippen LogP contribution in [0, 0.1) is 0 Å². The third-order valence-electron chi connectivity index (χ3n) is 3.75. The number of nitrogens with one attached hydrogen (secondary N) is 2. The molecule has 0 bridgehead atoms. The molecular weight excluding hydrogens is 380 g/mol. The first-order chi connectivity index (χ1) is 12.1. The fraction of sp³-hybridized carbons (Fsp3) is 0.375. The lowest BCUT2D eigenvalue weighted by atomic mass is 10.2. The Labute approximate surface area is 158 Å². The molecule has 1 saturated carbocycles. The highest BCUT2D eigenvalue weighted by atomic mass is 35.5. The van der Waals surface area contributed by atoms with Crippen molar-refractivity contribution < 1.29 is 9.59 Å². The highest BCUT2D eigenvalue weighted by Crippen LogP contribution is 2.24. The van der Waals surface area contributed by atoms with Gasteiger partial charge >= 0.3 is 0 Å². The van der Waals surface area contributed by atoms with Gasteiger partial charge in [-0.2, -0.15) is 0 Å². The number of amides is 2. The van der Waals surface area contributed by atoms with E-state index in [0.29, 0.717) is 21.1 Å². The maximum atomic E-state index is 12.2. The summed E-state index contributed by atoms with van der Waals surface area (Å²) in [5.74, 6) is -0.0504. The van der Waals surface area contributed by atoms with Gasteiger partial charge in [0.05, 0.1) is 5.75 Å². The van der Waals surface area contributed by atoms with Crippen molar-refractivity contribution >= 4 is 52.2 Å². The molecule has 1 aliphatic carbocycles. The van der Waals surface area contributed by atoms with Gasteiger partial charge in [0.1, 0.15) is 0 Å². The fourth-order valence-corrected chi connectivity index (χ4v) is 4.23. The summed E-state index contributed by atoms with van der Waals surface area (Å²) in [6.07, 6.45) is 4.48. The predicted octanol–water partition coefficient (Wildman–Crippen LogP) is 3.59. The topological polar surface area (TPSA) is 84.0 Å². The number of thioether (sulfide) groups is 1. The molecule has 1 aromatic heterocycles. The molecule has 3 rings (SSSR count). The predicted molar refractivity (Wildman–Crippen MR) is 100 cm³/mol. The lowest BCUT2D eigenvalue weighted by Crippen LogP contribution is -2.33. The summed E-state index contributed by atoms with van der Waals surface area (Å²) in [6, 6.07) is 7.13. The number of nitrogens with zero attached hydrogens (tertiary/aromatic N) is 2. The molecule has 2 amide bonds. The number of carbonyl (C=O) groups is 2. The van der Waals surface area contributed by atoms with Crippen molar-refractivity contribution in [2.24, 2.45) is 0 Å². The van der Waals surface area contributed by atoms with E-state index in [2.05, 4.69) is 20.8 Å². The van der Waals surface area contributed by atoms with Crippen molar-refractivity contribution in [1.82, 2.24) is 15.5 Å². The summed E-state index contributed by atoms with van der Waals surface area (Å²) >= 11 is 8.28. The molecule has 1 aromatic carbocycles. The number of benzene rings is 1. The lowest BCUT2D eigenvalue weighted by Gasteiger charge is -2.10. The summed E-state index contributed by atoms with van der Waals surface area (Å²) in [5, 5.41) is 14.5. The minimum absolute atomic E-state index is 0.000680. The van der Waals surface area contributed by atoms with Gasteiger partial charge in [0.15, 0.2) is 4.34 Å². The Morgan fingerprint density at radius 2 is 1.92 bits per heavy atom. The third kappa shape index (κ3) is 5.42. The van der Waals surface area contributed by atoms with E-state index in [0.717, 1.165) is 12.8 Å². The quantitative estimate of drug-likeness (QED) is 0.729. The zero-order valence-electron chi connectivity index (χ0n) is 13.3. The van der Waals surface area contributed by atoms with Crippen LogP contribution in [0.5, 0.6) is 0 Å². The average molecular weight is 397 g/mol. The number of hydrogen-bond acceptors (Lipinski definition) is 6. The van der Waals surface area contributed by atoms with Crippen LogP contribution in [0.25, 0.3) is 0 Å². The van der Waals surface area contributed by atoms with E-state index in [1.165, 1.54) is 35.9 Å². The van der Waals surface area contributed by atoms with E-state index < -0.39 is 0 Å². The van der Waals surface area contributed by atoms with Gasteiger partial charge in [-0.1, -0.05) is 47.5 Å². The van der Waals surface area contributed by atoms with Crippen LogP contribution < -0.4 is 10.6 Å². The molecular formula is C16H17ClN4O2S2. The Kier molecular flexibility index (Phi) is 6.28. The van der Waals surface area contributed by atoms with Gasteiger partial charge in [-0.15, -0.1) is 10.2 Å². The Hall–Kier alpha value is -1.64. The maximum Gasteiger partial charge on any atom is 0.286 e. The van der Waals surface area contributed by atoms with Crippen molar-refractivity contribution in [3.8, 4) is 0 Å². The zero-order valence-corrected chi connectivity index (χ0v) is 15.7. The number of carbonyl (C=O) groups excluding carboxylic acids is 2. The van der Waals surface area contributed by atoms with Crippen LogP contribution >= 0.6 is 34.7 Å². The van der Waals surface area contributed by atoms with Gasteiger partial charge in [0, 0.05) is 16.8 Å². The van der Waals surface area contributed by atoms with Crippen LogP contribution in [-0.4, -0.2) is 33.8 Å². The first kappa shape index (κ1) is 18.2. The number of halogens is 1. The molecule has 2 aromatic rings. The van der Waals surface area contributed by atoms with Crippen LogP contribution in [0.3, 0.4) is 0 Å². The van der Waals surface area contributed by atoms with Crippen LogP contribution in [0.4, 0.5) is 5.69 Å². The molecule has 132 valence electrons. The summed E-state index contributed by atoms with van der Waals surface area (Å²) < 4.78 is 0.600. The van der Waals surface area contributed by atoms with Crippen molar-refractivity contribution in [3.05, 3.63) is 34.3 Å². The average Bonchev–Trinajstić information content (AvgIpc) is 3.27. The van der Waals surface area contributed by atoms with Crippen LogP contribution in [0.1, 0.15) is 35.5 Å². The molecule has 0 aliphatic heterocycles. The Bertz CT molecular complexity index is 745. The van der Waals surface area contributed by atoms with E-state index >= 15 is 0 Å². The van der Waals surface area contributed by atoms with Crippen molar-refractivity contribution in [2.45, 2.75) is 36.1 Å². The highest BCUT2D eigenvalue weighted by Gasteiger charge is 2.18. The standard InChI is InChI=1S/C16H17ClN4O2S2/c17-10-5-7-12(8-6-10)19-14(23)15-20-21-16(25-15)24-9-13(22)18-11-3-1-2-4-11/h5-8,11H,1-4,9H2,(H,18,22)(H,19,23). The number of rotatable bonds is 6. The second-order valence-electron chi connectivity index (χ2n) is 5.67. The molecule has 25 heavy (non-hydrogen) atoms. The molecule has 0 atom stereocenters. The normalized spacial score (nSPS) is 14.4. The minimum Gasteiger partial charge on any atom is -0.353 e. The molecule has 1 aliphatic rings. The van der Waals surface area contributed by atoms with E-state index in [1.54, 1.807) is 24.3 Å². The van der Waals surface area contributed by atoms with Crippen LogP contribution in [0.2, 0.25) is 5.02 Å². The molecule has 1 fully saturated rings. The SMILES string of the molecule is O=C(CSc1nnc(C(=O)Nc2ccc(Cl)cc2)s1)NC1CCCC1. The molecule has 2 N–H and O–H groups in total. The van der Waals surface area contributed by atoms with E-state index in [1.807, 2.05) is 0 Å². The van der Waals surface area contributed by atoms with Crippen molar-refractivity contribution in [2.75, 3.05) is 11.1 Å². The number of aromatic nitrogens is 2. The van der Waals surface area contributed by atoms with Gasteiger partial charge in [0.2, 0.25) is 10.9 Å². The Balaban J connectivity index is 1.48. The summed E-state index contributed by atoms with van der Waals surface area (Å²) in [6.45, 7) is 0. The second kappa shape index (κ2) is 8.64. The van der Waals surface area contributed by atoms with E-state index in [4.69, 9.17) is 11.6 Å². The van der Waals surface area contributed by atoms with E-state index in [-0.39, 0.29) is 22.6 Å². The molecule has 6 nitrogen and oxygen atoms in total. The Morgan fingerprint density at radius 1 is 1.20 bits per heavy atom. The smallest absolute Gasteiger partial charge is 0.286 e. The summed E-state index contributed by atoms with van der Waals surface area (Å²) in [4.78, 5) is 24.1. The molecule has 0 unspecified atom stereocenters. The van der Waals surface area contributed by atoms with Crippen molar-refractivity contribution in [3.63, 3.8) is 0 Å². The maximum absolute atomic E-state index is 12.2. The zero-order chi connectivity index (χ0) is 17.6. The van der Waals surface area contributed by atoms with Gasteiger partial charge in [-0.3, -0.25) is 9.59 Å². The van der Waals surface area contributed by atoms with Gasteiger partial charge in [0.25, 0.3) is 5.91 Å². The molecule has 0 saturated heterocycles. The summed E-state index contributed by atoms with van der Waals surface area (Å²) in [7, 11) is 0. The number of hydrogen-bond donors (Lipinski definition) is 2. The van der Waals surface area contributed by atoms with Crippen molar-refractivity contribution in [1.29, 1.82) is 0 Å². The van der Waals surface area contributed by atoms with Gasteiger partial charge in [-0.25, -0.2) is 0 Å². The van der Waals surface area contributed by atoms with Gasteiger partial charge < -0.3 is 10.6 Å². The monoisotopic (exact) mass is 396 g/mol. The first-order valence-corrected chi connectivity index (χ1v) is 10.1. The van der Waals surface area contributed by atoms with Crippen LogP contribution in [-0.2, 0) is 4.79 Å². The molecule has 9 heteroatoms. The van der Waals surface area contributed by atoms with Crippen LogP contribution in [0.15, 0.2) is 28.6 Å². The fourth-order valence-electron chi connectivity index (χ4n) is 2.54. The number of anilines is 1. The largest absolute Gasteiger partial charge is 0.353 e. The van der Waals surface area contributed by atoms with E-state index in [9.17, 15) is 9.59 Å². The second-order valence-corrected chi connectivity index (χ2v) is 8.31. The molecule has 1 heterocycles. The molecule has 0 radical (unpaired) electrons. The minimum atomic E-state index is -0.331. The third-order valence-corrected chi connectivity index (χ3v) is 6.06. The summed E-state index contributed by atoms with van der Waals surface area (Å²) in [5.41, 5.74) is 0.634. The Morgan fingerprint density at radius 3 is 2.64 bits per heavy atom. The first-order valence-electron chi connectivity index (χ1n) is 7.93. The molecule has 0 spiro atoms. The van der Waals surface area contributed by atoms with Gasteiger partial charge in [-0.05, 0) is 37.1 Å².